The number of carbonyl (C=O) groups is 1. The number of hydrogen-bond acceptors (Lipinski definition) is 5. The lowest BCUT2D eigenvalue weighted by atomic mass is 10.2. The Morgan fingerprint density at radius 2 is 2.30 bits per heavy atom. The maximum atomic E-state index is 11.9. The SMILES string of the molecule is CCOc1cccc(NC2CCN(C)C2=O)c1[N+](=O)[O-]. The van der Waals surface area contributed by atoms with Gasteiger partial charge in [-0.2, -0.15) is 0 Å². The van der Waals surface area contributed by atoms with Gasteiger partial charge >= 0.3 is 5.69 Å². The Balaban J connectivity index is 2.29. The van der Waals surface area contributed by atoms with Crippen LogP contribution in [0.3, 0.4) is 0 Å². The van der Waals surface area contributed by atoms with E-state index in [1.54, 1.807) is 37.1 Å². The Hall–Kier alpha value is -2.31. The summed E-state index contributed by atoms with van der Waals surface area (Å²) in [7, 11) is 1.72. The van der Waals surface area contributed by atoms with E-state index in [0.717, 1.165) is 0 Å². The highest BCUT2D eigenvalue weighted by Gasteiger charge is 2.31. The number of nitro groups is 1. The molecule has 0 saturated carbocycles. The van der Waals surface area contributed by atoms with Crippen molar-refractivity contribution < 1.29 is 14.5 Å². The van der Waals surface area contributed by atoms with Crippen molar-refractivity contribution in [1.82, 2.24) is 4.90 Å². The first-order chi connectivity index (χ1) is 9.54. The van der Waals surface area contributed by atoms with E-state index in [-0.39, 0.29) is 17.3 Å². The Kier molecular flexibility index (Phi) is 4.07. The number of hydrogen-bond donors (Lipinski definition) is 1. The van der Waals surface area contributed by atoms with E-state index in [0.29, 0.717) is 25.3 Å². The van der Waals surface area contributed by atoms with Crippen LogP contribution < -0.4 is 10.1 Å². The fraction of sp³-hybridized carbons (Fsp3) is 0.462. The van der Waals surface area contributed by atoms with Crippen LogP contribution in [0.1, 0.15) is 13.3 Å². The summed E-state index contributed by atoms with van der Waals surface area (Å²) < 4.78 is 5.27. The molecule has 0 radical (unpaired) electrons. The average molecular weight is 279 g/mol. The number of nitrogens with one attached hydrogen (secondary N) is 1. The Morgan fingerprint density at radius 1 is 1.55 bits per heavy atom. The molecule has 1 fully saturated rings. The van der Waals surface area contributed by atoms with Crippen molar-refractivity contribution in [1.29, 1.82) is 0 Å². The summed E-state index contributed by atoms with van der Waals surface area (Å²) in [6, 6.07) is 4.39. The lowest BCUT2D eigenvalue weighted by molar-refractivity contribution is -0.384. The predicted molar refractivity (Wildman–Crippen MR) is 73.9 cm³/mol. The van der Waals surface area contributed by atoms with Gasteiger partial charge in [0.25, 0.3) is 0 Å². The number of nitrogens with zero attached hydrogens (tertiary/aromatic N) is 2. The molecule has 0 spiro atoms. The van der Waals surface area contributed by atoms with Crippen molar-refractivity contribution in [2.24, 2.45) is 0 Å². The standard InChI is InChI=1S/C13H17N3O4/c1-3-20-11-6-4-5-9(12(11)16(18)19)14-10-7-8-15(2)13(10)17/h4-6,10,14H,3,7-8H2,1-2H3. The number of para-hydroxylation sites is 1. The minimum atomic E-state index is -0.490. The van der Waals surface area contributed by atoms with E-state index in [4.69, 9.17) is 4.74 Å². The minimum absolute atomic E-state index is 0.0545. The molecule has 1 amide bonds. The maximum Gasteiger partial charge on any atom is 0.333 e. The molecule has 1 unspecified atom stereocenters. The molecule has 0 aliphatic carbocycles. The van der Waals surface area contributed by atoms with Crippen molar-refractivity contribution >= 4 is 17.3 Å². The van der Waals surface area contributed by atoms with E-state index in [1.165, 1.54) is 0 Å². The molecular formula is C13H17N3O4. The van der Waals surface area contributed by atoms with E-state index in [9.17, 15) is 14.9 Å². The molecule has 1 atom stereocenters. The Bertz CT molecular complexity index is 532. The first-order valence-corrected chi connectivity index (χ1v) is 6.46. The van der Waals surface area contributed by atoms with E-state index in [1.807, 2.05) is 0 Å². The van der Waals surface area contributed by atoms with Gasteiger partial charge in [-0.15, -0.1) is 0 Å². The van der Waals surface area contributed by atoms with Crippen LogP contribution >= 0.6 is 0 Å². The first-order valence-electron chi connectivity index (χ1n) is 6.46. The van der Waals surface area contributed by atoms with Gasteiger partial charge in [-0.1, -0.05) is 6.07 Å². The third kappa shape index (κ3) is 2.66. The Labute approximate surface area is 116 Å². The zero-order valence-electron chi connectivity index (χ0n) is 11.5. The molecule has 1 heterocycles. The van der Waals surface area contributed by atoms with Crippen molar-refractivity contribution in [2.75, 3.05) is 25.5 Å². The number of nitro benzene ring substituents is 1. The van der Waals surface area contributed by atoms with Crippen molar-refractivity contribution in [3.8, 4) is 5.75 Å². The van der Waals surface area contributed by atoms with Crippen LogP contribution in [-0.4, -0.2) is 42.0 Å². The molecule has 2 rings (SSSR count). The van der Waals surface area contributed by atoms with Crippen LogP contribution in [0.5, 0.6) is 5.75 Å². The molecule has 1 N–H and O–H groups in total. The van der Waals surface area contributed by atoms with Gasteiger partial charge in [0.1, 0.15) is 11.7 Å². The van der Waals surface area contributed by atoms with Gasteiger partial charge in [0.2, 0.25) is 5.91 Å². The van der Waals surface area contributed by atoms with Gasteiger partial charge in [0, 0.05) is 13.6 Å². The first kappa shape index (κ1) is 14.1. The highest BCUT2D eigenvalue weighted by Crippen LogP contribution is 2.35. The number of carbonyl (C=O) groups excluding carboxylic acids is 1. The van der Waals surface area contributed by atoms with Crippen LogP contribution in [0.4, 0.5) is 11.4 Å². The van der Waals surface area contributed by atoms with Crippen molar-refractivity contribution in [3.05, 3.63) is 28.3 Å². The highest BCUT2D eigenvalue weighted by molar-refractivity contribution is 5.87. The van der Waals surface area contributed by atoms with Crippen LogP contribution in [0.2, 0.25) is 0 Å². The summed E-state index contributed by atoms with van der Waals surface area (Å²) in [6.45, 7) is 2.75. The minimum Gasteiger partial charge on any atom is -0.487 e. The quantitative estimate of drug-likeness (QED) is 0.654. The van der Waals surface area contributed by atoms with E-state index >= 15 is 0 Å². The van der Waals surface area contributed by atoms with Crippen molar-refractivity contribution in [2.45, 2.75) is 19.4 Å². The number of rotatable bonds is 5. The molecule has 20 heavy (non-hydrogen) atoms. The summed E-state index contributed by atoms with van der Waals surface area (Å²) in [5, 5.41) is 14.2. The molecule has 1 aliphatic heterocycles. The van der Waals surface area contributed by atoms with E-state index in [2.05, 4.69) is 5.32 Å². The average Bonchev–Trinajstić information content (AvgIpc) is 2.71. The summed E-state index contributed by atoms with van der Waals surface area (Å²) in [5.74, 6) is 0.155. The van der Waals surface area contributed by atoms with Gasteiger partial charge in [0.05, 0.1) is 11.5 Å². The number of likely N-dealkylation sites (tertiary alicyclic amines) is 1. The summed E-state index contributed by atoms with van der Waals surface area (Å²) in [4.78, 5) is 24.2. The molecule has 108 valence electrons. The van der Waals surface area contributed by atoms with Gasteiger partial charge in [-0.05, 0) is 25.5 Å². The number of anilines is 1. The van der Waals surface area contributed by atoms with Crippen LogP contribution in [0, 0.1) is 10.1 Å². The molecule has 7 heteroatoms. The van der Waals surface area contributed by atoms with Crippen LogP contribution in [-0.2, 0) is 4.79 Å². The third-order valence-corrected chi connectivity index (χ3v) is 3.24. The normalized spacial score (nSPS) is 18.2. The molecule has 1 aromatic rings. The number of amides is 1. The zero-order valence-corrected chi connectivity index (χ0v) is 11.5. The van der Waals surface area contributed by atoms with Gasteiger partial charge in [-0.3, -0.25) is 14.9 Å². The third-order valence-electron chi connectivity index (χ3n) is 3.24. The molecular weight excluding hydrogens is 262 g/mol. The molecule has 7 nitrogen and oxygen atoms in total. The monoisotopic (exact) mass is 279 g/mol. The number of ether oxygens (including phenoxy) is 1. The highest BCUT2D eigenvalue weighted by atomic mass is 16.6. The largest absolute Gasteiger partial charge is 0.487 e. The van der Waals surface area contributed by atoms with Crippen molar-refractivity contribution in [3.63, 3.8) is 0 Å². The molecule has 1 aromatic carbocycles. The van der Waals surface area contributed by atoms with Gasteiger partial charge in [-0.25, -0.2) is 0 Å². The second-order valence-corrected chi connectivity index (χ2v) is 4.59. The fourth-order valence-corrected chi connectivity index (χ4v) is 2.24. The summed E-state index contributed by atoms with van der Waals surface area (Å²) >= 11 is 0. The smallest absolute Gasteiger partial charge is 0.333 e. The van der Waals surface area contributed by atoms with Crippen LogP contribution in [0.15, 0.2) is 18.2 Å². The summed E-state index contributed by atoms with van der Waals surface area (Å²) in [6.07, 6.45) is 0.630. The Morgan fingerprint density at radius 3 is 2.85 bits per heavy atom. The van der Waals surface area contributed by atoms with Gasteiger partial charge < -0.3 is 15.0 Å². The lowest BCUT2D eigenvalue weighted by Crippen LogP contribution is -2.31. The molecule has 1 saturated heterocycles. The second kappa shape index (κ2) is 5.77. The number of likely N-dealkylation sites (N-methyl/N-ethyl adjacent to an activating group) is 1. The maximum absolute atomic E-state index is 11.9. The second-order valence-electron chi connectivity index (χ2n) is 4.59. The molecule has 0 aromatic heterocycles. The molecule has 0 bridgehead atoms. The van der Waals surface area contributed by atoms with E-state index < -0.39 is 11.0 Å². The lowest BCUT2D eigenvalue weighted by Gasteiger charge is -2.14. The van der Waals surface area contributed by atoms with Gasteiger partial charge in [0.15, 0.2) is 5.75 Å². The zero-order chi connectivity index (χ0) is 14.7. The molecule has 1 aliphatic rings. The number of benzene rings is 1. The predicted octanol–water partition coefficient (Wildman–Crippen LogP) is 1.64. The fourth-order valence-electron chi connectivity index (χ4n) is 2.24. The summed E-state index contributed by atoms with van der Waals surface area (Å²) in [5.41, 5.74) is 0.186. The topological polar surface area (TPSA) is 84.7 Å². The van der Waals surface area contributed by atoms with Crippen LogP contribution in [0.25, 0.3) is 0 Å².